The van der Waals surface area contributed by atoms with Crippen molar-refractivity contribution >= 4 is 22.4 Å². The molecule has 0 aliphatic rings. The topological polar surface area (TPSA) is 42.7 Å². The van der Waals surface area contributed by atoms with Crippen molar-refractivity contribution in [2.75, 3.05) is 20.2 Å². The summed E-state index contributed by atoms with van der Waals surface area (Å²) in [7, 11) is 1.64. The summed E-state index contributed by atoms with van der Waals surface area (Å²) in [4.78, 5) is 14.4. The fourth-order valence-electron chi connectivity index (χ4n) is 3.75. The van der Waals surface area contributed by atoms with Crippen molar-refractivity contribution in [3.63, 3.8) is 0 Å². The molecular weight excluding hydrogens is 362 g/mol. The molecular formula is C25H29NO3. The first-order chi connectivity index (χ1) is 13.9. The highest BCUT2D eigenvalue weighted by atomic mass is 16.5. The van der Waals surface area contributed by atoms with Gasteiger partial charge in [0.25, 0.3) is 0 Å². The SMILES string of the molecule is CCN(CC)C(=O)/C=C(\C)c1cc2c(-c3ccc(C)cc3C)coc2cc1OC. The van der Waals surface area contributed by atoms with E-state index in [2.05, 4.69) is 38.1 Å². The number of hydrogen-bond donors (Lipinski definition) is 0. The summed E-state index contributed by atoms with van der Waals surface area (Å²) in [5.74, 6) is 0.705. The fraction of sp³-hybridized carbons (Fsp3) is 0.320. The van der Waals surface area contributed by atoms with Gasteiger partial charge in [-0.15, -0.1) is 0 Å². The summed E-state index contributed by atoms with van der Waals surface area (Å²) in [5.41, 5.74) is 7.16. The number of methoxy groups -OCH3 is 1. The van der Waals surface area contributed by atoms with Crippen molar-refractivity contribution in [1.29, 1.82) is 0 Å². The molecule has 29 heavy (non-hydrogen) atoms. The van der Waals surface area contributed by atoms with Crippen molar-refractivity contribution in [3.05, 3.63) is 59.4 Å². The number of ether oxygens (including phenoxy) is 1. The molecule has 0 aliphatic heterocycles. The lowest BCUT2D eigenvalue weighted by Crippen LogP contribution is -2.28. The molecule has 0 aliphatic carbocycles. The van der Waals surface area contributed by atoms with E-state index in [1.165, 1.54) is 11.1 Å². The lowest BCUT2D eigenvalue weighted by Gasteiger charge is -2.17. The number of nitrogens with zero attached hydrogens (tertiary/aromatic N) is 1. The van der Waals surface area contributed by atoms with Crippen molar-refractivity contribution in [2.45, 2.75) is 34.6 Å². The second-order valence-corrected chi connectivity index (χ2v) is 7.35. The normalized spacial score (nSPS) is 11.7. The maximum atomic E-state index is 12.6. The molecule has 0 spiro atoms. The van der Waals surface area contributed by atoms with Gasteiger partial charge in [-0.1, -0.05) is 23.8 Å². The summed E-state index contributed by atoms with van der Waals surface area (Å²) in [6.45, 7) is 11.5. The molecule has 2 aromatic carbocycles. The van der Waals surface area contributed by atoms with Gasteiger partial charge >= 0.3 is 0 Å². The summed E-state index contributed by atoms with van der Waals surface area (Å²) < 4.78 is 11.4. The molecule has 0 atom stereocenters. The van der Waals surface area contributed by atoms with E-state index in [4.69, 9.17) is 9.15 Å². The standard InChI is InChI=1S/C25H29NO3/c1-7-26(8-2)25(27)12-18(5)20-13-21-22(15-29-24(21)14-23(20)28-6)19-10-9-16(3)11-17(19)4/h9-15H,7-8H2,1-6H3/b18-12+. The number of furan rings is 1. The minimum atomic E-state index is 0.0106. The Morgan fingerprint density at radius 1 is 1.10 bits per heavy atom. The molecule has 0 fully saturated rings. The third kappa shape index (κ3) is 4.07. The lowest BCUT2D eigenvalue weighted by molar-refractivity contribution is -0.125. The van der Waals surface area contributed by atoms with Gasteiger partial charge in [-0.25, -0.2) is 0 Å². The third-order valence-electron chi connectivity index (χ3n) is 5.41. The molecule has 0 bridgehead atoms. The van der Waals surface area contributed by atoms with Gasteiger partial charge in [0.05, 0.1) is 13.4 Å². The zero-order valence-corrected chi connectivity index (χ0v) is 18.1. The number of carbonyl (C=O) groups excluding carboxylic acids is 1. The molecule has 0 N–H and O–H groups in total. The van der Waals surface area contributed by atoms with Crippen LogP contribution < -0.4 is 4.74 Å². The quantitative estimate of drug-likeness (QED) is 0.484. The molecule has 0 saturated heterocycles. The molecule has 4 nitrogen and oxygen atoms in total. The Bertz CT molecular complexity index is 1070. The van der Waals surface area contributed by atoms with Crippen molar-refractivity contribution in [2.24, 2.45) is 0 Å². The van der Waals surface area contributed by atoms with Gasteiger partial charge in [0, 0.05) is 41.7 Å². The van der Waals surface area contributed by atoms with Gasteiger partial charge in [0.1, 0.15) is 11.3 Å². The van der Waals surface area contributed by atoms with Crippen LogP contribution in [0.3, 0.4) is 0 Å². The van der Waals surface area contributed by atoms with Crippen LogP contribution in [0.1, 0.15) is 37.5 Å². The number of fused-ring (bicyclic) bond motifs is 1. The number of amides is 1. The highest BCUT2D eigenvalue weighted by Gasteiger charge is 2.16. The van der Waals surface area contributed by atoms with Crippen molar-refractivity contribution < 1.29 is 13.9 Å². The van der Waals surface area contributed by atoms with E-state index < -0.39 is 0 Å². The zero-order valence-electron chi connectivity index (χ0n) is 18.1. The van der Waals surface area contributed by atoms with Gasteiger partial charge in [-0.2, -0.15) is 0 Å². The van der Waals surface area contributed by atoms with Crippen LogP contribution in [0, 0.1) is 13.8 Å². The van der Waals surface area contributed by atoms with E-state index >= 15 is 0 Å². The summed E-state index contributed by atoms with van der Waals surface area (Å²) in [6, 6.07) is 10.4. The molecule has 1 heterocycles. The number of rotatable bonds is 6. The molecule has 0 unspecified atom stereocenters. The highest BCUT2D eigenvalue weighted by Crippen LogP contribution is 2.38. The number of likely N-dealkylation sites (N-methyl/N-ethyl adjacent to an activating group) is 1. The monoisotopic (exact) mass is 391 g/mol. The first-order valence-corrected chi connectivity index (χ1v) is 10.0. The van der Waals surface area contributed by atoms with Crippen LogP contribution in [-0.4, -0.2) is 31.0 Å². The van der Waals surface area contributed by atoms with E-state index in [0.29, 0.717) is 18.8 Å². The second-order valence-electron chi connectivity index (χ2n) is 7.35. The Kier molecular flexibility index (Phi) is 6.12. The first-order valence-electron chi connectivity index (χ1n) is 10.0. The van der Waals surface area contributed by atoms with Crippen LogP contribution in [0.5, 0.6) is 5.75 Å². The molecule has 1 amide bonds. The van der Waals surface area contributed by atoms with Crippen LogP contribution in [0.4, 0.5) is 0 Å². The van der Waals surface area contributed by atoms with E-state index in [1.54, 1.807) is 24.3 Å². The second kappa shape index (κ2) is 8.56. The van der Waals surface area contributed by atoms with Crippen LogP contribution in [0.15, 0.2) is 47.1 Å². The van der Waals surface area contributed by atoms with Gasteiger partial charge in [0.15, 0.2) is 0 Å². The van der Waals surface area contributed by atoms with E-state index in [1.807, 2.05) is 26.8 Å². The molecule has 0 saturated carbocycles. The number of carbonyl (C=O) groups is 1. The number of hydrogen-bond acceptors (Lipinski definition) is 3. The summed E-state index contributed by atoms with van der Waals surface area (Å²) in [5, 5.41) is 1.01. The largest absolute Gasteiger partial charge is 0.496 e. The van der Waals surface area contributed by atoms with Gasteiger partial charge in [-0.05, 0) is 57.4 Å². The predicted molar refractivity (Wildman–Crippen MR) is 119 cm³/mol. The summed E-state index contributed by atoms with van der Waals surface area (Å²) in [6.07, 6.45) is 3.49. The maximum absolute atomic E-state index is 12.6. The van der Waals surface area contributed by atoms with Gasteiger partial charge in [0.2, 0.25) is 5.91 Å². The highest BCUT2D eigenvalue weighted by molar-refractivity contribution is 6.00. The van der Waals surface area contributed by atoms with Crippen LogP contribution in [-0.2, 0) is 4.79 Å². The number of benzene rings is 2. The predicted octanol–water partition coefficient (Wildman–Crippen LogP) is 6.00. The number of allylic oxidation sites excluding steroid dienone is 1. The Morgan fingerprint density at radius 3 is 2.45 bits per heavy atom. The maximum Gasteiger partial charge on any atom is 0.246 e. The average molecular weight is 392 g/mol. The average Bonchev–Trinajstić information content (AvgIpc) is 3.10. The smallest absolute Gasteiger partial charge is 0.246 e. The van der Waals surface area contributed by atoms with Crippen LogP contribution >= 0.6 is 0 Å². The minimum absolute atomic E-state index is 0.0106. The Hall–Kier alpha value is -3.01. The van der Waals surface area contributed by atoms with E-state index in [9.17, 15) is 4.79 Å². The van der Waals surface area contributed by atoms with Crippen LogP contribution in [0.2, 0.25) is 0 Å². The van der Waals surface area contributed by atoms with E-state index in [0.717, 1.165) is 33.2 Å². The number of aryl methyl sites for hydroxylation is 2. The Balaban J connectivity index is 2.14. The summed E-state index contributed by atoms with van der Waals surface area (Å²) >= 11 is 0. The Labute approximate surface area is 172 Å². The minimum Gasteiger partial charge on any atom is -0.496 e. The molecule has 1 aromatic heterocycles. The molecule has 4 heteroatoms. The Morgan fingerprint density at radius 2 is 1.83 bits per heavy atom. The zero-order chi connectivity index (χ0) is 21.1. The van der Waals surface area contributed by atoms with Crippen molar-refractivity contribution in [1.82, 2.24) is 4.90 Å². The molecule has 152 valence electrons. The molecule has 0 radical (unpaired) electrons. The first kappa shape index (κ1) is 20.7. The van der Waals surface area contributed by atoms with Gasteiger partial charge < -0.3 is 14.1 Å². The van der Waals surface area contributed by atoms with Gasteiger partial charge in [-0.3, -0.25) is 4.79 Å². The van der Waals surface area contributed by atoms with Crippen molar-refractivity contribution in [3.8, 4) is 16.9 Å². The lowest BCUT2D eigenvalue weighted by atomic mass is 9.96. The third-order valence-corrected chi connectivity index (χ3v) is 5.41. The van der Waals surface area contributed by atoms with E-state index in [-0.39, 0.29) is 5.91 Å². The van der Waals surface area contributed by atoms with Crippen LogP contribution in [0.25, 0.3) is 27.7 Å². The fourth-order valence-corrected chi connectivity index (χ4v) is 3.75. The molecule has 3 rings (SSSR count). The molecule has 3 aromatic rings.